The fourth-order valence-corrected chi connectivity index (χ4v) is 2.27. The normalized spacial score (nSPS) is 7.94. The molecular weight excluding hydrogens is 416 g/mol. The molecule has 0 aromatic heterocycles. The van der Waals surface area contributed by atoms with Crippen molar-refractivity contribution in [2.45, 2.75) is 69.2 Å². The lowest BCUT2D eigenvalue weighted by Crippen LogP contribution is -1.69. The van der Waals surface area contributed by atoms with Gasteiger partial charge in [0.1, 0.15) is 11.6 Å². The minimum atomic E-state index is 0.167. The summed E-state index contributed by atoms with van der Waals surface area (Å²) in [6.07, 6.45) is 0. The third kappa shape index (κ3) is 20.6. The molecule has 2 heteroatoms. The number of hydrogen-bond donors (Lipinski definition) is 0. The standard InChI is InChI=1S/2C10H8.2C3H6O.3C2H6/c2*1-2-6-10-8-4-3-7-9(10)5-1;2*1-3(2)4;3*1-2/h2*1-8H;2*1-2H3;3*1-2H3. The van der Waals surface area contributed by atoms with Crippen molar-refractivity contribution >= 4 is 33.1 Å². The van der Waals surface area contributed by atoms with Crippen molar-refractivity contribution in [2.75, 3.05) is 0 Å². The van der Waals surface area contributed by atoms with Crippen LogP contribution in [0.25, 0.3) is 21.5 Å². The highest BCUT2D eigenvalue weighted by molar-refractivity contribution is 5.82. The average Bonchev–Trinajstić information content (AvgIpc) is 2.88. The molecule has 0 amide bonds. The second-order valence-corrected chi connectivity index (χ2v) is 6.51. The molecule has 0 spiro atoms. The van der Waals surface area contributed by atoms with E-state index in [0.29, 0.717) is 0 Å². The maximum Gasteiger partial charge on any atom is 0.126 e. The number of carbonyl (C=O) groups is 2. The zero-order chi connectivity index (χ0) is 26.8. The minimum Gasteiger partial charge on any atom is -0.300 e. The van der Waals surface area contributed by atoms with Crippen molar-refractivity contribution in [1.29, 1.82) is 0 Å². The molecule has 4 rings (SSSR count). The summed E-state index contributed by atoms with van der Waals surface area (Å²) in [6.45, 7) is 18.1. The second-order valence-electron chi connectivity index (χ2n) is 6.51. The maximum atomic E-state index is 9.44. The Morgan fingerprint density at radius 2 is 0.441 bits per heavy atom. The summed E-state index contributed by atoms with van der Waals surface area (Å²) in [5.74, 6) is 0.333. The lowest BCUT2D eigenvalue weighted by atomic mass is 10.1. The number of carbonyl (C=O) groups excluding carboxylic acids is 2. The van der Waals surface area contributed by atoms with Crippen LogP contribution in [0.2, 0.25) is 0 Å². The molecule has 0 saturated heterocycles. The molecule has 0 unspecified atom stereocenters. The molecular formula is C32H46O2. The Morgan fingerprint density at radius 1 is 0.353 bits per heavy atom. The van der Waals surface area contributed by atoms with Gasteiger partial charge in [0.15, 0.2) is 0 Å². The van der Waals surface area contributed by atoms with Crippen LogP contribution in [0.3, 0.4) is 0 Å². The summed E-state index contributed by atoms with van der Waals surface area (Å²) in [4.78, 5) is 18.9. The highest BCUT2D eigenvalue weighted by atomic mass is 16.1. The van der Waals surface area contributed by atoms with Gasteiger partial charge in [0.05, 0.1) is 0 Å². The van der Waals surface area contributed by atoms with Crippen LogP contribution in [0, 0.1) is 0 Å². The van der Waals surface area contributed by atoms with Gasteiger partial charge in [0.25, 0.3) is 0 Å². The highest BCUT2D eigenvalue weighted by Gasteiger charge is 1.86. The van der Waals surface area contributed by atoms with Gasteiger partial charge in [-0.25, -0.2) is 0 Å². The van der Waals surface area contributed by atoms with E-state index in [9.17, 15) is 9.59 Å². The summed E-state index contributed by atoms with van der Waals surface area (Å²) in [5.41, 5.74) is 0. The van der Waals surface area contributed by atoms with E-state index in [2.05, 4.69) is 97.1 Å². The Balaban J connectivity index is -0.000000375. The first-order valence-electron chi connectivity index (χ1n) is 12.2. The van der Waals surface area contributed by atoms with Crippen molar-refractivity contribution in [3.63, 3.8) is 0 Å². The molecule has 0 fully saturated rings. The predicted molar refractivity (Wildman–Crippen MR) is 155 cm³/mol. The molecule has 0 aliphatic heterocycles. The van der Waals surface area contributed by atoms with Crippen molar-refractivity contribution in [3.8, 4) is 0 Å². The van der Waals surface area contributed by atoms with Gasteiger partial charge in [0, 0.05) is 0 Å². The van der Waals surface area contributed by atoms with Gasteiger partial charge in [-0.1, -0.05) is 139 Å². The van der Waals surface area contributed by atoms with Gasteiger partial charge in [-0.3, -0.25) is 0 Å². The number of fused-ring (bicyclic) bond motifs is 2. The molecule has 0 bridgehead atoms. The Morgan fingerprint density at radius 3 is 0.529 bits per heavy atom. The molecule has 34 heavy (non-hydrogen) atoms. The van der Waals surface area contributed by atoms with Crippen LogP contribution in [0.5, 0.6) is 0 Å². The third-order valence-electron chi connectivity index (χ3n) is 3.32. The average molecular weight is 463 g/mol. The number of benzene rings is 4. The molecule has 2 nitrogen and oxygen atoms in total. The molecule has 0 aliphatic carbocycles. The first-order valence-corrected chi connectivity index (χ1v) is 12.2. The quantitative estimate of drug-likeness (QED) is 0.260. The first-order chi connectivity index (χ1) is 16.4. The molecule has 4 aromatic carbocycles. The second kappa shape index (κ2) is 26.0. The highest BCUT2D eigenvalue weighted by Crippen LogP contribution is 2.12. The summed E-state index contributed by atoms with van der Waals surface area (Å²) in [5, 5.41) is 5.24. The molecule has 0 saturated carbocycles. The lowest BCUT2D eigenvalue weighted by Gasteiger charge is -1.92. The van der Waals surface area contributed by atoms with Crippen LogP contribution in [-0.4, -0.2) is 11.6 Å². The zero-order valence-electron chi connectivity index (χ0n) is 23.1. The van der Waals surface area contributed by atoms with Gasteiger partial charge in [-0.05, 0) is 49.2 Å². The third-order valence-corrected chi connectivity index (χ3v) is 3.32. The van der Waals surface area contributed by atoms with E-state index >= 15 is 0 Å². The maximum absolute atomic E-state index is 9.44. The van der Waals surface area contributed by atoms with Crippen LogP contribution in [0.1, 0.15) is 69.2 Å². The van der Waals surface area contributed by atoms with Crippen molar-refractivity contribution < 1.29 is 9.59 Å². The van der Waals surface area contributed by atoms with Gasteiger partial charge in [-0.15, -0.1) is 0 Å². The van der Waals surface area contributed by atoms with E-state index in [1.54, 1.807) is 0 Å². The molecule has 186 valence electrons. The van der Waals surface area contributed by atoms with E-state index in [0.717, 1.165) is 0 Å². The SMILES string of the molecule is CC.CC.CC.CC(C)=O.CC(C)=O.c1ccc2ccccc2c1.c1ccc2ccccc2c1. The van der Waals surface area contributed by atoms with E-state index in [-0.39, 0.29) is 11.6 Å². The van der Waals surface area contributed by atoms with Gasteiger partial charge < -0.3 is 9.59 Å². The van der Waals surface area contributed by atoms with Gasteiger partial charge >= 0.3 is 0 Å². The smallest absolute Gasteiger partial charge is 0.126 e. The molecule has 0 aliphatic rings. The number of ketones is 2. The van der Waals surface area contributed by atoms with Crippen LogP contribution in [-0.2, 0) is 9.59 Å². The minimum absolute atomic E-state index is 0.167. The van der Waals surface area contributed by atoms with E-state index in [4.69, 9.17) is 0 Å². The molecule has 0 heterocycles. The van der Waals surface area contributed by atoms with Crippen LogP contribution < -0.4 is 0 Å². The van der Waals surface area contributed by atoms with Crippen LogP contribution >= 0.6 is 0 Å². The van der Waals surface area contributed by atoms with Crippen molar-refractivity contribution in [2.24, 2.45) is 0 Å². The number of rotatable bonds is 0. The lowest BCUT2D eigenvalue weighted by molar-refractivity contribution is -0.115. The topological polar surface area (TPSA) is 34.1 Å². The van der Waals surface area contributed by atoms with Crippen molar-refractivity contribution in [3.05, 3.63) is 97.1 Å². The van der Waals surface area contributed by atoms with Crippen LogP contribution in [0.4, 0.5) is 0 Å². The van der Waals surface area contributed by atoms with Crippen LogP contribution in [0.15, 0.2) is 97.1 Å². The molecule has 0 N–H and O–H groups in total. The molecule has 0 atom stereocenters. The fourth-order valence-electron chi connectivity index (χ4n) is 2.27. The van der Waals surface area contributed by atoms with E-state index in [1.807, 2.05) is 41.5 Å². The summed E-state index contributed by atoms with van der Waals surface area (Å²) >= 11 is 0. The van der Waals surface area contributed by atoms with Crippen molar-refractivity contribution in [1.82, 2.24) is 0 Å². The Bertz CT molecular complexity index is 781. The zero-order valence-corrected chi connectivity index (χ0v) is 23.1. The summed E-state index contributed by atoms with van der Waals surface area (Å²) in [7, 11) is 0. The van der Waals surface area contributed by atoms with Gasteiger partial charge in [0.2, 0.25) is 0 Å². The summed E-state index contributed by atoms with van der Waals surface area (Å²) in [6, 6.07) is 33.4. The Kier molecular flexibility index (Phi) is 27.0. The summed E-state index contributed by atoms with van der Waals surface area (Å²) < 4.78 is 0. The largest absolute Gasteiger partial charge is 0.300 e. The molecule has 4 aromatic rings. The number of hydrogen-bond acceptors (Lipinski definition) is 2. The number of Topliss-reactive ketones (excluding diaryl/α,β-unsaturated/α-hetero) is 2. The Labute approximate surface area is 209 Å². The molecule has 0 radical (unpaired) electrons. The first kappa shape index (κ1) is 35.3. The van der Waals surface area contributed by atoms with E-state index < -0.39 is 0 Å². The predicted octanol–water partition coefficient (Wildman–Crippen LogP) is 9.95. The van der Waals surface area contributed by atoms with E-state index in [1.165, 1.54) is 49.2 Å². The van der Waals surface area contributed by atoms with Gasteiger partial charge in [-0.2, -0.15) is 0 Å². The fraction of sp³-hybridized carbons (Fsp3) is 0.312. The Hall–Kier alpha value is -3.26. The monoisotopic (exact) mass is 462 g/mol.